The van der Waals surface area contributed by atoms with Gasteiger partial charge in [0.2, 0.25) is 0 Å². The molecule has 2 aromatic rings. The number of benzene rings is 2. The lowest BCUT2D eigenvalue weighted by Crippen LogP contribution is -2.29. The van der Waals surface area contributed by atoms with E-state index in [0.717, 1.165) is 18.4 Å². The van der Waals surface area contributed by atoms with Crippen LogP contribution in [0.25, 0.3) is 0 Å². The minimum absolute atomic E-state index is 0.0904. The van der Waals surface area contributed by atoms with Crippen LogP contribution in [0.1, 0.15) is 22.3 Å². The summed E-state index contributed by atoms with van der Waals surface area (Å²) >= 11 is 0. The van der Waals surface area contributed by atoms with Crippen LogP contribution in [0.4, 0.5) is 4.39 Å². The number of halogens is 1. The molecule has 0 aliphatic carbocycles. The van der Waals surface area contributed by atoms with Crippen molar-refractivity contribution < 1.29 is 23.8 Å². The number of nitrogens with zero attached hydrogens (tertiary/aromatic N) is 1. The van der Waals surface area contributed by atoms with Gasteiger partial charge in [-0.25, -0.2) is 9.18 Å². The van der Waals surface area contributed by atoms with Crippen molar-refractivity contribution in [2.45, 2.75) is 12.8 Å². The summed E-state index contributed by atoms with van der Waals surface area (Å²) in [5, 5.41) is 8.67. The van der Waals surface area contributed by atoms with Crippen molar-refractivity contribution in [3.8, 4) is 5.75 Å². The molecule has 0 bridgehead atoms. The van der Waals surface area contributed by atoms with Gasteiger partial charge in [-0.2, -0.15) is 0 Å². The van der Waals surface area contributed by atoms with Crippen molar-refractivity contribution in [2.24, 2.45) is 5.92 Å². The number of rotatable bonds is 6. The molecule has 1 heterocycles. The lowest BCUT2D eigenvalue weighted by Gasteiger charge is -2.17. The highest BCUT2D eigenvalue weighted by Crippen LogP contribution is 2.24. The monoisotopic (exact) mass is 357 g/mol. The van der Waals surface area contributed by atoms with Crippen LogP contribution >= 0.6 is 0 Å². The summed E-state index contributed by atoms with van der Waals surface area (Å²) in [6.07, 6.45) is 1.71. The maximum absolute atomic E-state index is 13.0. The normalized spacial score (nSPS) is 16.5. The molecular formula is C20H20FNO4. The fourth-order valence-electron chi connectivity index (χ4n) is 3.18. The molecule has 2 aromatic carbocycles. The summed E-state index contributed by atoms with van der Waals surface area (Å²) in [6.45, 7) is 0.877. The highest BCUT2D eigenvalue weighted by molar-refractivity contribution is 5.94. The molecule has 1 atom stereocenters. The number of carbonyl (C=O) groups excluding carboxylic acids is 1. The summed E-state index contributed by atoms with van der Waals surface area (Å²) in [6, 6.07) is 13.0. The number of carboxylic acids is 1. The van der Waals surface area contributed by atoms with Gasteiger partial charge in [0.1, 0.15) is 11.6 Å². The van der Waals surface area contributed by atoms with Crippen molar-refractivity contribution in [2.75, 3.05) is 19.7 Å². The lowest BCUT2D eigenvalue weighted by molar-refractivity contribution is -0.139. The number of hydrogen-bond acceptors (Lipinski definition) is 3. The minimum atomic E-state index is -1.06. The maximum Gasteiger partial charge on any atom is 0.341 e. The smallest absolute Gasteiger partial charge is 0.341 e. The van der Waals surface area contributed by atoms with Crippen LogP contribution in [0, 0.1) is 11.7 Å². The topological polar surface area (TPSA) is 66.8 Å². The van der Waals surface area contributed by atoms with Gasteiger partial charge in [-0.1, -0.05) is 18.2 Å². The molecule has 1 saturated heterocycles. The maximum atomic E-state index is 13.0. The minimum Gasteiger partial charge on any atom is -0.482 e. The van der Waals surface area contributed by atoms with Gasteiger partial charge in [-0.15, -0.1) is 0 Å². The molecule has 5 nitrogen and oxygen atoms in total. The van der Waals surface area contributed by atoms with E-state index in [-0.39, 0.29) is 11.7 Å². The van der Waals surface area contributed by atoms with Gasteiger partial charge in [0, 0.05) is 18.7 Å². The van der Waals surface area contributed by atoms with Gasteiger partial charge < -0.3 is 14.7 Å². The predicted molar refractivity (Wildman–Crippen MR) is 93.7 cm³/mol. The van der Waals surface area contributed by atoms with E-state index in [1.165, 1.54) is 12.1 Å². The van der Waals surface area contributed by atoms with E-state index in [0.29, 0.717) is 30.3 Å². The van der Waals surface area contributed by atoms with Crippen molar-refractivity contribution in [1.29, 1.82) is 0 Å². The lowest BCUT2D eigenvalue weighted by atomic mass is 9.99. The predicted octanol–water partition coefficient (Wildman–Crippen LogP) is 2.99. The number of carbonyl (C=O) groups is 2. The molecule has 26 heavy (non-hydrogen) atoms. The Balaban J connectivity index is 1.59. The fraction of sp³-hybridized carbons (Fsp3) is 0.300. The van der Waals surface area contributed by atoms with Crippen LogP contribution in [0.2, 0.25) is 0 Å². The number of ether oxygens (including phenoxy) is 1. The third kappa shape index (κ3) is 4.59. The summed E-state index contributed by atoms with van der Waals surface area (Å²) in [7, 11) is 0. The second-order valence-electron chi connectivity index (χ2n) is 6.45. The Hall–Kier alpha value is -2.89. The summed E-state index contributed by atoms with van der Waals surface area (Å²) in [4.78, 5) is 25.1. The van der Waals surface area contributed by atoms with E-state index in [9.17, 15) is 14.0 Å². The number of carboxylic acid groups (broad SMARTS) is 1. The van der Waals surface area contributed by atoms with Gasteiger partial charge >= 0.3 is 5.97 Å². The largest absolute Gasteiger partial charge is 0.482 e. The number of aliphatic carboxylic acids is 1. The van der Waals surface area contributed by atoms with Gasteiger partial charge in [-0.3, -0.25) is 4.79 Å². The number of hydrogen-bond donors (Lipinski definition) is 1. The quantitative estimate of drug-likeness (QED) is 0.863. The molecule has 1 N–H and O–H groups in total. The Labute approximate surface area is 151 Å². The first-order valence-corrected chi connectivity index (χ1v) is 8.49. The Kier molecular flexibility index (Phi) is 5.51. The zero-order valence-electron chi connectivity index (χ0n) is 14.2. The van der Waals surface area contributed by atoms with E-state index >= 15 is 0 Å². The van der Waals surface area contributed by atoms with Crippen molar-refractivity contribution in [3.05, 3.63) is 65.5 Å². The van der Waals surface area contributed by atoms with E-state index in [4.69, 9.17) is 9.84 Å². The molecule has 136 valence electrons. The Morgan fingerprint density at radius 2 is 1.96 bits per heavy atom. The number of amides is 1. The summed E-state index contributed by atoms with van der Waals surface area (Å²) in [5.74, 6) is -0.699. The van der Waals surface area contributed by atoms with Crippen LogP contribution in [-0.2, 0) is 11.2 Å². The highest BCUT2D eigenvalue weighted by atomic mass is 19.1. The zero-order valence-corrected chi connectivity index (χ0v) is 14.2. The molecule has 0 saturated carbocycles. The first-order valence-electron chi connectivity index (χ1n) is 8.49. The van der Waals surface area contributed by atoms with Crippen molar-refractivity contribution >= 4 is 11.9 Å². The molecule has 1 unspecified atom stereocenters. The molecule has 1 amide bonds. The van der Waals surface area contributed by atoms with E-state index < -0.39 is 12.6 Å². The molecule has 1 aliphatic rings. The van der Waals surface area contributed by atoms with Crippen LogP contribution in [0.15, 0.2) is 48.5 Å². The Bertz CT molecular complexity index is 791. The summed E-state index contributed by atoms with van der Waals surface area (Å²) < 4.78 is 18.1. The van der Waals surface area contributed by atoms with E-state index in [1.54, 1.807) is 41.3 Å². The molecule has 1 aliphatic heterocycles. The van der Waals surface area contributed by atoms with Crippen LogP contribution in [0.5, 0.6) is 5.75 Å². The first-order chi connectivity index (χ1) is 12.5. The molecule has 0 aromatic heterocycles. The molecule has 1 fully saturated rings. The van der Waals surface area contributed by atoms with Crippen LogP contribution < -0.4 is 4.74 Å². The highest BCUT2D eigenvalue weighted by Gasteiger charge is 2.27. The van der Waals surface area contributed by atoms with Crippen molar-refractivity contribution in [3.63, 3.8) is 0 Å². The second-order valence-corrected chi connectivity index (χ2v) is 6.45. The molecular weight excluding hydrogens is 337 g/mol. The molecule has 3 rings (SSSR count). The van der Waals surface area contributed by atoms with Gasteiger partial charge in [-0.05, 0) is 54.7 Å². The second kappa shape index (κ2) is 7.99. The Morgan fingerprint density at radius 1 is 1.19 bits per heavy atom. The van der Waals surface area contributed by atoms with Gasteiger partial charge in [0.15, 0.2) is 6.61 Å². The average molecular weight is 357 g/mol. The zero-order chi connectivity index (χ0) is 18.5. The first kappa shape index (κ1) is 17.9. The molecule has 0 spiro atoms. The molecule has 6 heteroatoms. The SMILES string of the molecule is O=C(O)COc1cccc(C(=O)N2CCC(Cc3ccc(F)cc3)C2)c1. The number of likely N-dealkylation sites (tertiary alicyclic amines) is 1. The van der Waals surface area contributed by atoms with Gasteiger partial charge in [0.05, 0.1) is 0 Å². The fourth-order valence-corrected chi connectivity index (χ4v) is 3.18. The van der Waals surface area contributed by atoms with Crippen LogP contribution in [-0.4, -0.2) is 41.6 Å². The summed E-state index contributed by atoms with van der Waals surface area (Å²) in [5.41, 5.74) is 1.55. The van der Waals surface area contributed by atoms with Crippen LogP contribution in [0.3, 0.4) is 0 Å². The van der Waals surface area contributed by atoms with E-state index in [2.05, 4.69) is 0 Å². The van der Waals surface area contributed by atoms with Gasteiger partial charge in [0.25, 0.3) is 5.91 Å². The standard InChI is InChI=1S/C20H20FNO4/c21-17-6-4-14(5-7-17)10-15-8-9-22(12-15)20(25)16-2-1-3-18(11-16)26-13-19(23)24/h1-7,11,15H,8-10,12-13H2,(H,23,24). The van der Waals surface area contributed by atoms with E-state index in [1.807, 2.05) is 0 Å². The Morgan fingerprint density at radius 3 is 2.69 bits per heavy atom. The average Bonchev–Trinajstić information content (AvgIpc) is 3.10. The molecule has 0 radical (unpaired) electrons. The van der Waals surface area contributed by atoms with Crippen molar-refractivity contribution in [1.82, 2.24) is 4.90 Å². The third-order valence-electron chi connectivity index (χ3n) is 4.45. The third-order valence-corrected chi connectivity index (χ3v) is 4.45.